The van der Waals surface area contributed by atoms with Gasteiger partial charge < -0.3 is 10.5 Å². The van der Waals surface area contributed by atoms with Crippen LogP contribution < -0.4 is 5.73 Å². The predicted molar refractivity (Wildman–Crippen MR) is 42.9 cm³/mol. The Bertz CT molecular complexity index is 139. The van der Waals surface area contributed by atoms with E-state index in [1.54, 1.807) is 13.3 Å². The van der Waals surface area contributed by atoms with Gasteiger partial charge in [-0.05, 0) is 13.8 Å². The van der Waals surface area contributed by atoms with Gasteiger partial charge in [-0.3, -0.25) is 4.99 Å². The van der Waals surface area contributed by atoms with Gasteiger partial charge in [-0.1, -0.05) is 0 Å². The molecule has 3 heteroatoms. The molecule has 0 aromatic heterocycles. The third kappa shape index (κ3) is 3.95. The van der Waals surface area contributed by atoms with Gasteiger partial charge in [0.05, 0.1) is 12.3 Å². The molecule has 0 fully saturated rings. The first-order chi connectivity index (χ1) is 4.70. The first-order valence-corrected chi connectivity index (χ1v) is 3.21. The van der Waals surface area contributed by atoms with Gasteiger partial charge in [0.2, 0.25) is 0 Å². The van der Waals surface area contributed by atoms with Crippen molar-refractivity contribution in [1.29, 1.82) is 0 Å². The lowest BCUT2D eigenvalue weighted by Crippen LogP contribution is -2.04. The van der Waals surface area contributed by atoms with Crippen molar-refractivity contribution in [1.82, 2.24) is 0 Å². The van der Waals surface area contributed by atoms with Gasteiger partial charge >= 0.3 is 0 Å². The number of ether oxygens (including phenoxy) is 1. The molecular weight excluding hydrogens is 128 g/mol. The fourth-order valence-electron chi connectivity index (χ4n) is 0.512. The van der Waals surface area contributed by atoms with Crippen LogP contribution in [0.15, 0.2) is 17.0 Å². The minimum absolute atomic E-state index is 0.146. The molecule has 0 saturated heterocycles. The maximum absolute atomic E-state index is 5.23. The first kappa shape index (κ1) is 9.01. The summed E-state index contributed by atoms with van der Waals surface area (Å²) in [7, 11) is 1.67. The van der Waals surface area contributed by atoms with Crippen molar-refractivity contribution in [3.8, 4) is 0 Å². The molecular formula is C7H14N2O. The Hall–Kier alpha value is -0.990. The van der Waals surface area contributed by atoms with Gasteiger partial charge in [0.15, 0.2) is 5.76 Å². The van der Waals surface area contributed by atoms with Crippen LogP contribution in [0.1, 0.15) is 13.8 Å². The average Bonchev–Trinajstić information content (AvgIpc) is 1.86. The van der Waals surface area contributed by atoms with Crippen LogP contribution in [-0.2, 0) is 4.74 Å². The monoisotopic (exact) mass is 142 g/mol. The summed E-state index contributed by atoms with van der Waals surface area (Å²) in [4.78, 5) is 3.76. The molecule has 0 spiro atoms. The second-order valence-corrected chi connectivity index (χ2v) is 2.12. The first-order valence-electron chi connectivity index (χ1n) is 3.21. The highest BCUT2D eigenvalue weighted by atomic mass is 16.5. The third-order valence-electron chi connectivity index (χ3n) is 0.792. The topological polar surface area (TPSA) is 47.6 Å². The maximum Gasteiger partial charge on any atom is 0.152 e. The SMILES string of the molecule is CN=C/C(=C\N)OC(C)C. The van der Waals surface area contributed by atoms with Gasteiger partial charge in [0, 0.05) is 13.2 Å². The van der Waals surface area contributed by atoms with E-state index in [0.717, 1.165) is 0 Å². The van der Waals surface area contributed by atoms with E-state index < -0.39 is 0 Å². The average molecular weight is 142 g/mol. The third-order valence-corrected chi connectivity index (χ3v) is 0.792. The summed E-state index contributed by atoms with van der Waals surface area (Å²) in [5, 5.41) is 0. The Balaban J connectivity index is 3.86. The Morgan fingerprint density at radius 2 is 2.20 bits per heavy atom. The molecule has 0 aromatic carbocycles. The van der Waals surface area contributed by atoms with Crippen molar-refractivity contribution in [2.45, 2.75) is 20.0 Å². The van der Waals surface area contributed by atoms with Crippen molar-refractivity contribution in [3.05, 3.63) is 12.0 Å². The number of allylic oxidation sites excluding steroid dienone is 1. The number of aliphatic imine (C=N–C) groups is 1. The zero-order valence-corrected chi connectivity index (χ0v) is 6.66. The Labute approximate surface area is 61.6 Å². The van der Waals surface area contributed by atoms with Crippen LogP contribution in [0.2, 0.25) is 0 Å². The lowest BCUT2D eigenvalue weighted by Gasteiger charge is -2.08. The summed E-state index contributed by atoms with van der Waals surface area (Å²) in [6, 6.07) is 0. The highest BCUT2D eigenvalue weighted by Crippen LogP contribution is 1.96. The second-order valence-electron chi connectivity index (χ2n) is 2.12. The van der Waals surface area contributed by atoms with Crippen LogP contribution in [0.3, 0.4) is 0 Å². The summed E-state index contributed by atoms with van der Waals surface area (Å²) in [6.45, 7) is 3.88. The zero-order chi connectivity index (χ0) is 7.98. The van der Waals surface area contributed by atoms with Crippen LogP contribution in [0, 0.1) is 0 Å². The van der Waals surface area contributed by atoms with Gasteiger partial charge in [-0.15, -0.1) is 0 Å². The fourth-order valence-corrected chi connectivity index (χ4v) is 0.512. The molecule has 0 aliphatic carbocycles. The molecule has 0 radical (unpaired) electrons. The quantitative estimate of drug-likeness (QED) is 0.470. The standard InChI is InChI=1S/C7H14N2O/c1-6(2)10-7(4-8)5-9-3/h4-6H,8H2,1-3H3/b7-4+,9-5?. The van der Waals surface area contributed by atoms with Crippen molar-refractivity contribution in [2.75, 3.05) is 7.05 Å². The van der Waals surface area contributed by atoms with Gasteiger partial charge in [-0.25, -0.2) is 0 Å². The number of hydrogen-bond donors (Lipinski definition) is 1. The summed E-state index contributed by atoms with van der Waals surface area (Å²) in [5.41, 5.74) is 5.23. The molecule has 0 aromatic rings. The minimum Gasteiger partial charge on any atom is -0.488 e. The second kappa shape index (κ2) is 4.85. The van der Waals surface area contributed by atoms with E-state index in [1.807, 2.05) is 13.8 Å². The normalized spacial score (nSPS) is 13.0. The van der Waals surface area contributed by atoms with Crippen molar-refractivity contribution in [2.24, 2.45) is 10.7 Å². The molecule has 0 aliphatic heterocycles. The van der Waals surface area contributed by atoms with Crippen LogP contribution >= 0.6 is 0 Å². The summed E-state index contributed by atoms with van der Waals surface area (Å²) in [6.07, 6.45) is 3.13. The predicted octanol–water partition coefficient (Wildman–Crippen LogP) is 0.912. The maximum atomic E-state index is 5.23. The minimum atomic E-state index is 0.146. The highest BCUT2D eigenvalue weighted by Gasteiger charge is 1.94. The molecule has 0 heterocycles. The Kier molecular flexibility index (Phi) is 4.37. The van der Waals surface area contributed by atoms with E-state index in [2.05, 4.69) is 4.99 Å². The van der Waals surface area contributed by atoms with Crippen molar-refractivity contribution >= 4 is 6.21 Å². The summed E-state index contributed by atoms with van der Waals surface area (Å²) < 4.78 is 5.23. The van der Waals surface area contributed by atoms with Gasteiger partial charge in [-0.2, -0.15) is 0 Å². The molecule has 0 saturated carbocycles. The molecule has 0 amide bonds. The number of rotatable bonds is 3. The highest BCUT2D eigenvalue weighted by molar-refractivity contribution is 5.75. The molecule has 58 valence electrons. The lowest BCUT2D eigenvalue weighted by molar-refractivity contribution is 0.164. The molecule has 0 unspecified atom stereocenters. The molecule has 0 aliphatic rings. The smallest absolute Gasteiger partial charge is 0.152 e. The molecule has 10 heavy (non-hydrogen) atoms. The molecule has 0 bridgehead atoms. The van der Waals surface area contributed by atoms with E-state index in [0.29, 0.717) is 5.76 Å². The van der Waals surface area contributed by atoms with Crippen LogP contribution in [0.25, 0.3) is 0 Å². The fraction of sp³-hybridized carbons (Fsp3) is 0.571. The number of nitrogens with two attached hydrogens (primary N) is 1. The Morgan fingerprint density at radius 3 is 2.50 bits per heavy atom. The largest absolute Gasteiger partial charge is 0.488 e. The van der Waals surface area contributed by atoms with E-state index >= 15 is 0 Å². The van der Waals surface area contributed by atoms with Crippen LogP contribution in [0.5, 0.6) is 0 Å². The Morgan fingerprint density at radius 1 is 1.60 bits per heavy atom. The van der Waals surface area contributed by atoms with Crippen molar-refractivity contribution in [3.63, 3.8) is 0 Å². The molecule has 2 N–H and O–H groups in total. The molecule has 0 rings (SSSR count). The zero-order valence-electron chi connectivity index (χ0n) is 6.66. The lowest BCUT2D eigenvalue weighted by atomic mass is 10.4. The van der Waals surface area contributed by atoms with Crippen LogP contribution in [0.4, 0.5) is 0 Å². The van der Waals surface area contributed by atoms with E-state index in [4.69, 9.17) is 10.5 Å². The summed E-state index contributed by atoms with van der Waals surface area (Å²) in [5.74, 6) is 0.609. The van der Waals surface area contributed by atoms with Crippen molar-refractivity contribution < 1.29 is 4.74 Å². The van der Waals surface area contributed by atoms with E-state index in [1.165, 1.54) is 6.20 Å². The van der Waals surface area contributed by atoms with Gasteiger partial charge in [0.25, 0.3) is 0 Å². The molecule has 3 nitrogen and oxygen atoms in total. The van der Waals surface area contributed by atoms with Gasteiger partial charge in [0.1, 0.15) is 0 Å². The summed E-state index contributed by atoms with van der Waals surface area (Å²) >= 11 is 0. The molecule has 0 atom stereocenters. The number of hydrogen-bond acceptors (Lipinski definition) is 3. The number of nitrogens with zero attached hydrogens (tertiary/aromatic N) is 1. The van der Waals surface area contributed by atoms with E-state index in [9.17, 15) is 0 Å². The van der Waals surface area contributed by atoms with Crippen LogP contribution in [-0.4, -0.2) is 19.4 Å². The van der Waals surface area contributed by atoms with E-state index in [-0.39, 0.29) is 6.10 Å².